The van der Waals surface area contributed by atoms with Crippen molar-refractivity contribution in [1.82, 2.24) is 4.98 Å². The number of aliphatic hydroxyl groups excluding tert-OH is 1. The maximum Gasteiger partial charge on any atom is 0.139 e. The average molecular weight is 409 g/mol. The second-order valence-electron chi connectivity index (χ2n) is 7.11. The predicted molar refractivity (Wildman–Crippen MR) is 117 cm³/mol. The Morgan fingerprint density at radius 3 is 2.38 bits per heavy atom. The highest BCUT2D eigenvalue weighted by Gasteiger charge is 2.37. The molecule has 3 aromatic rings. The van der Waals surface area contributed by atoms with Crippen molar-refractivity contribution in [2.24, 2.45) is 0 Å². The molecule has 0 bridgehead atoms. The zero-order valence-electron chi connectivity index (χ0n) is 16.3. The number of hydrogen-bond donors (Lipinski definition) is 2. The van der Waals surface area contributed by atoms with E-state index in [-0.39, 0.29) is 23.5 Å². The Bertz CT molecular complexity index is 1090. The van der Waals surface area contributed by atoms with Crippen LogP contribution < -0.4 is 9.80 Å². The van der Waals surface area contributed by atoms with Crippen LogP contribution in [0.1, 0.15) is 11.9 Å². The van der Waals surface area contributed by atoms with Crippen molar-refractivity contribution in [2.75, 3.05) is 23.9 Å². The Labute approximate surface area is 172 Å². The van der Waals surface area contributed by atoms with Gasteiger partial charge in [0.2, 0.25) is 0 Å². The van der Waals surface area contributed by atoms with Gasteiger partial charge >= 0.3 is 0 Å². The van der Waals surface area contributed by atoms with E-state index in [1.165, 1.54) is 23.5 Å². The van der Waals surface area contributed by atoms with Crippen molar-refractivity contribution in [3.05, 3.63) is 70.5 Å². The van der Waals surface area contributed by atoms with Crippen LogP contribution in [0.25, 0.3) is 16.8 Å². The number of aliphatic hydroxyl groups is 1. The number of aromatic nitrogens is 1. The Balaban J connectivity index is 1.65. The molecule has 1 unspecified atom stereocenters. The molecule has 0 amide bonds. The molecule has 0 spiro atoms. The third kappa shape index (κ3) is 3.38. The zero-order chi connectivity index (χ0) is 20.7. The Morgan fingerprint density at radius 2 is 1.76 bits per heavy atom. The van der Waals surface area contributed by atoms with Crippen LogP contribution in [0.2, 0.25) is 0 Å². The van der Waals surface area contributed by atoms with Crippen molar-refractivity contribution in [3.63, 3.8) is 0 Å². The molecule has 2 aromatic carbocycles. The van der Waals surface area contributed by atoms with Crippen LogP contribution in [0.5, 0.6) is 0 Å². The molecule has 29 heavy (non-hydrogen) atoms. The van der Waals surface area contributed by atoms with Gasteiger partial charge in [-0.05, 0) is 55.5 Å². The first-order valence-electron chi connectivity index (χ1n) is 9.17. The van der Waals surface area contributed by atoms with E-state index >= 15 is 0 Å². The number of hydrogen-bond acceptors (Lipinski definition) is 5. The fraction of sp³-hybridized carbons (Fsp3) is 0.182. The molecule has 2 heterocycles. The second kappa shape index (κ2) is 7.33. The van der Waals surface area contributed by atoms with Crippen LogP contribution in [0, 0.1) is 11.2 Å². The molecule has 1 atom stereocenters. The van der Waals surface area contributed by atoms with E-state index in [1.807, 2.05) is 55.6 Å². The molecule has 0 saturated heterocycles. The monoisotopic (exact) mass is 408 g/mol. The van der Waals surface area contributed by atoms with E-state index in [0.717, 1.165) is 16.9 Å². The smallest absolute Gasteiger partial charge is 0.139 e. The van der Waals surface area contributed by atoms with Crippen LogP contribution in [-0.4, -0.2) is 36.1 Å². The number of benzene rings is 2. The molecule has 4 rings (SSSR count). The molecule has 5 nitrogen and oxygen atoms in total. The van der Waals surface area contributed by atoms with E-state index < -0.39 is 0 Å². The summed E-state index contributed by atoms with van der Waals surface area (Å²) in [6.07, 6.45) is 0. The minimum absolute atomic E-state index is 0.131. The summed E-state index contributed by atoms with van der Waals surface area (Å²) in [7, 11) is 3.95. The van der Waals surface area contributed by atoms with Crippen molar-refractivity contribution in [2.45, 2.75) is 13.0 Å². The van der Waals surface area contributed by atoms with Gasteiger partial charge in [0.05, 0.1) is 17.3 Å². The maximum absolute atomic E-state index is 13.2. The lowest BCUT2D eigenvalue weighted by Crippen LogP contribution is -2.33. The normalized spacial score (nSPS) is 16.6. The van der Waals surface area contributed by atoms with Gasteiger partial charge in [0.15, 0.2) is 0 Å². The summed E-state index contributed by atoms with van der Waals surface area (Å²) in [6.45, 7) is 1.87. The van der Waals surface area contributed by atoms with E-state index in [1.54, 1.807) is 17.0 Å². The van der Waals surface area contributed by atoms with Crippen LogP contribution in [0.15, 0.2) is 59.7 Å². The van der Waals surface area contributed by atoms with Crippen molar-refractivity contribution in [1.29, 1.82) is 5.41 Å². The standard InChI is InChI=1S/C22H21FN4OS/c1-13-20(28)19(21(24)27(13)17-10-8-16(9-11-17)26(2)3)22-25-18(12-29-22)14-4-6-15(23)7-5-14/h4-13,24,28H,1-3H3. The van der Waals surface area contributed by atoms with Crippen molar-refractivity contribution in [3.8, 4) is 11.3 Å². The SMILES string of the molecule is CC1C(O)=C(c2nc(-c3ccc(F)cc3)cs2)C(=N)N1c1ccc(N(C)C)cc1. The molecule has 0 aliphatic carbocycles. The number of nitrogens with one attached hydrogen (secondary N) is 1. The van der Waals surface area contributed by atoms with E-state index in [9.17, 15) is 9.50 Å². The third-order valence-corrected chi connectivity index (χ3v) is 5.88. The largest absolute Gasteiger partial charge is 0.509 e. The molecular formula is C22H21FN4OS. The Hall–Kier alpha value is -3.19. The lowest BCUT2D eigenvalue weighted by Gasteiger charge is -2.25. The molecule has 1 aliphatic heterocycles. The topological polar surface area (TPSA) is 63.5 Å². The van der Waals surface area contributed by atoms with Gasteiger partial charge in [-0.1, -0.05) is 0 Å². The highest BCUT2D eigenvalue weighted by molar-refractivity contribution is 7.11. The van der Waals surface area contributed by atoms with Gasteiger partial charge in [0.25, 0.3) is 0 Å². The quantitative estimate of drug-likeness (QED) is 0.625. The van der Waals surface area contributed by atoms with E-state index in [4.69, 9.17) is 5.41 Å². The number of thiazole rings is 1. The van der Waals surface area contributed by atoms with Crippen LogP contribution in [0.3, 0.4) is 0 Å². The predicted octanol–water partition coefficient (Wildman–Crippen LogP) is 5.17. The number of halogens is 1. The van der Waals surface area contributed by atoms with Crippen molar-refractivity contribution >= 4 is 34.1 Å². The summed E-state index contributed by atoms with van der Waals surface area (Å²) >= 11 is 1.36. The molecule has 0 saturated carbocycles. The van der Waals surface area contributed by atoms with Crippen LogP contribution in [-0.2, 0) is 0 Å². The molecular weight excluding hydrogens is 387 g/mol. The van der Waals surface area contributed by atoms with E-state index in [0.29, 0.717) is 16.3 Å². The van der Waals surface area contributed by atoms with Gasteiger partial charge in [0.1, 0.15) is 22.4 Å². The van der Waals surface area contributed by atoms with Gasteiger partial charge in [-0.15, -0.1) is 11.3 Å². The minimum atomic E-state index is -0.360. The van der Waals surface area contributed by atoms with E-state index in [2.05, 4.69) is 4.98 Å². The summed E-state index contributed by atoms with van der Waals surface area (Å²) < 4.78 is 13.2. The zero-order valence-corrected chi connectivity index (χ0v) is 17.2. The first-order chi connectivity index (χ1) is 13.9. The maximum atomic E-state index is 13.2. The summed E-state index contributed by atoms with van der Waals surface area (Å²) in [5, 5.41) is 21.9. The number of anilines is 2. The average Bonchev–Trinajstić information content (AvgIpc) is 3.26. The molecule has 0 fully saturated rings. The first kappa shape index (κ1) is 19.1. The Morgan fingerprint density at radius 1 is 1.10 bits per heavy atom. The molecule has 1 aromatic heterocycles. The van der Waals surface area contributed by atoms with Gasteiger partial charge in [-0.2, -0.15) is 0 Å². The molecule has 148 valence electrons. The summed E-state index contributed by atoms with van der Waals surface area (Å²) in [4.78, 5) is 8.40. The lowest BCUT2D eigenvalue weighted by molar-refractivity contribution is 0.384. The second-order valence-corrected chi connectivity index (χ2v) is 7.97. The molecule has 2 N–H and O–H groups in total. The molecule has 0 radical (unpaired) electrons. The molecule has 7 heteroatoms. The summed E-state index contributed by atoms with van der Waals surface area (Å²) in [6, 6.07) is 13.6. The number of rotatable bonds is 4. The third-order valence-electron chi connectivity index (χ3n) is 5.02. The fourth-order valence-corrected chi connectivity index (χ4v) is 4.27. The van der Waals surface area contributed by atoms with Gasteiger partial charge in [0, 0.05) is 36.4 Å². The van der Waals surface area contributed by atoms with Gasteiger partial charge in [-0.3, -0.25) is 5.41 Å². The fourth-order valence-electron chi connectivity index (χ4n) is 3.38. The first-order valence-corrected chi connectivity index (χ1v) is 10.1. The summed E-state index contributed by atoms with van der Waals surface area (Å²) in [5.41, 5.74) is 3.83. The number of amidine groups is 1. The van der Waals surface area contributed by atoms with Crippen LogP contribution >= 0.6 is 11.3 Å². The Kier molecular flexibility index (Phi) is 4.84. The highest BCUT2D eigenvalue weighted by atomic mass is 32.1. The highest BCUT2D eigenvalue weighted by Crippen LogP contribution is 2.37. The van der Waals surface area contributed by atoms with Crippen molar-refractivity contribution < 1.29 is 9.50 Å². The van der Waals surface area contributed by atoms with Crippen LogP contribution in [0.4, 0.5) is 15.8 Å². The van der Waals surface area contributed by atoms with Gasteiger partial charge in [-0.25, -0.2) is 9.37 Å². The lowest BCUT2D eigenvalue weighted by atomic mass is 10.1. The molecule has 1 aliphatic rings. The van der Waals surface area contributed by atoms with Gasteiger partial charge < -0.3 is 14.9 Å². The summed E-state index contributed by atoms with van der Waals surface area (Å²) in [5.74, 6) is 0.0474. The minimum Gasteiger partial charge on any atom is -0.509 e. The number of nitrogens with zero attached hydrogens (tertiary/aromatic N) is 3.